The summed E-state index contributed by atoms with van der Waals surface area (Å²) in [6.45, 7) is 0.568. The summed E-state index contributed by atoms with van der Waals surface area (Å²) in [5.74, 6) is -0.000706. The summed E-state index contributed by atoms with van der Waals surface area (Å²) < 4.78 is 10.4. The molecule has 6 nitrogen and oxygen atoms in total. The summed E-state index contributed by atoms with van der Waals surface area (Å²) in [6.07, 6.45) is 4.63. The van der Waals surface area contributed by atoms with E-state index < -0.39 is 5.97 Å². The fourth-order valence-electron chi connectivity index (χ4n) is 2.30. The fourth-order valence-corrected chi connectivity index (χ4v) is 2.30. The number of aliphatic carboxylic acids is 1. The van der Waals surface area contributed by atoms with Gasteiger partial charge in [-0.25, -0.2) is 0 Å². The van der Waals surface area contributed by atoms with Gasteiger partial charge in [-0.1, -0.05) is 25.3 Å². The molecule has 1 rings (SSSR count). The number of methoxy groups -OCH3 is 2. The third kappa shape index (κ3) is 6.59. The molecule has 0 aliphatic carbocycles. The second-order valence-corrected chi connectivity index (χ2v) is 5.20. The number of amides is 1. The Morgan fingerprint density at radius 2 is 1.57 bits per heavy atom. The quantitative estimate of drug-likeness (QED) is 0.612. The third-order valence-electron chi connectivity index (χ3n) is 3.51. The summed E-state index contributed by atoms with van der Waals surface area (Å²) >= 11 is 0. The number of hydrogen-bond acceptors (Lipinski definition) is 4. The molecule has 0 radical (unpaired) electrons. The van der Waals surface area contributed by atoms with Crippen LogP contribution in [0.5, 0.6) is 11.5 Å². The van der Waals surface area contributed by atoms with E-state index in [9.17, 15) is 9.59 Å². The lowest BCUT2D eigenvalue weighted by molar-refractivity contribution is -0.137. The van der Waals surface area contributed by atoms with Crippen molar-refractivity contribution in [2.24, 2.45) is 0 Å². The lowest BCUT2D eigenvalue weighted by Crippen LogP contribution is -2.25. The van der Waals surface area contributed by atoms with E-state index in [0.29, 0.717) is 30.0 Å². The number of unbranched alkanes of at least 4 members (excludes halogenated alkanes) is 4. The zero-order valence-electron chi connectivity index (χ0n) is 13.8. The van der Waals surface area contributed by atoms with Crippen LogP contribution in [0.25, 0.3) is 0 Å². The highest BCUT2D eigenvalue weighted by Crippen LogP contribution is 2.27. The van der Waals surface area contributed by atoms with Crippen molar-refractivity contribution in [2.75, 3.05) is 20.8 Å². The van der Waals surface area contributed by atoms with Gasteiger partial charge in [0.15, 0.2) is 0 Å². The molecule has 0 spiro atoms. The molecule has 0 saturated heterocycles. The first-order chi connectivity index (χ1) is 11.1. The van der Waals surface area contributed by atoms with Crippen molar-refractivity contribution >= 4 is 11.9 Å². The van der Waals surface area contributed by atoms with Crippen LogP contribution in [0.15, 0.2) is 18.2 Å². The third-order valence-corrected chi connectivity index (χ3v) is 3.51. The molecule has 6 heteroatoms. The number of nitrogens with one attached hydrogen (secondary N) is 1. The fraction of sp³-hybridized carbons (Fsp3) is 0.529. The van der Waals surface area contributed by atoms with Crippen molar-refractivity contribution in [1.82, 2.24) is 5.32 Å². The van der Waals surface area contributed by atoms with Crippen molar-refractivity contribution in [3.8, 4) is 11.5 Å². The Morgan fingerprint density at radius 1 is 1.00 bits per heavy atom. The van der Waals surface area contributed by atoms with Gasteiger partial charge in [0.1, 0.15) is 17.1 Å². The standard InChI is InChI=1S/C17H25NO5/c1-22-13-9-8-10-14(23-2)16(13)17(21)18-12-7-5-3-4-6-11-15(19)20/h8-10H,3-7,11-12H2,1-2H3,(H,18,21)(H,19,20). The second kappa shape index (κ2) is 10.5. The first-order valence-electron chi connectivity index (χ1n) is 7.81. The number of rotatable bonds is 11. The van der Waals surface area contributed by atoms with Crippen LogP contribution in [0.4, 0.5) is 0 Å². The van der Waals surface area contributed by atoms with Gasteiger partial charge in [-0.2, -0.15) is 0 Å². The monoisotopic (exact) mass is 323 g/mol. The number of ether oxygens (including phenoxy) is 2. The Balaban J connectivity index is 2.33. The molecule has 23 heavy (non-hydrogen) atoms. The molecule has 1 amide bonds. The van der Waals surface area contributed by atoms with Gasteiger partial charge in [0, 0.05) is 13.0 Å². The minimum Gasteiger partial charge on any atom is -0.496 e. The van der Waals surface area contributed by atoms with E-state index in [4.69, 9.17) is 14.6 Å². The largest absolute Gasteiger partial charge is 0.496 e. The van der Waals surface area contributed by atoms with Crippen molar-refractivity contribution < 1.29 is 24.2 Å². The molecule has 0 saturated carbocycles. The topological polar surface area (TPSA) is 84.9 Å². The molecule has 0 atom stereocenters. The summed E-state index contributed by atoms with van der Waals surface area (Å²) in [7, 11) is 3.03. The molecule has 0 bridgehead atoms. The number of carbonyl (C=O) groups is 2. The van der Waals surface area contributed by atoms with Crippen molar-refractivity contribution in [3.63, 3.8) is 0 Å². The smallest absolute Gasteiger partial charge is 0.303 e. The Morgan fingerprint density at radius 3 is 2.13 bits per heavy atom. The van der Waals surface area contributed by atoms with Gasteiger partial charge in [-0.3, -0.25) is 9.59 Å². The van der Waals surface area contributed by atoms with Gasteiger partial charge in [0.2, 0.25) is 0 Å². The Bertz CT molecular complexity index is 493. The SMILES string of the molecule is COc1cccc(OC)c1C(=O)NCCCCCCCC(=O)O. The molecule has 128 valence electrons. The van der Waals surface area contributed by atoms with E-state index in [0.717, 1.165) is 25.7 Å². The first kappa shape index (κ1) is 18.8. The number of carboxylic acids is 1. The van der Waals surface area contributed by atoms with Crippen LogP contribution in [-0.2, 0) is 4.79 Å². The van der Waals surface area contributed by atoms with Gasteiger partial charge < -0.3 is 19.9 Å². The number of hydrogen-bond donors (Lipinski definition) is 2. The molecule has 2 N–H and O–H groups in total. The number of carboxylic acid groups (broad SMARTS) is 1. The Kier molecular flexibility index (Phi) is 8.57. The number of benzene rings is 1. The molecule has 0 unspecified atom stereocenters. The lowest BCUT2D eigenvalue weighted by Gasteiger charge is -2.12. The minimum absolute atomic E-state index is 0.217. The van der Waals surface area contributed by atoms with Gasteiger partial charge in [-0.05, 0) is 25.0 Å². The zero-order chi connectivity index (χ0) is 17.1. The molecule has 0 aliphatic rings. The van der Waals surface area contributed by atoms with Crippen molar-refractivity contribution in [2.45, 2.75) is 38.5 Å². The van der Waals surface area contributed by atoms with Crippen LogP contribution in [-0.4, -0.2) is 37.7 Å². The predicted molar refractivity (Wildman–Crippen MR) is 87.2 cm³/mol. The molecule has 0 fully saturated rings. The van der Waals surface area contributed by atoms with E-state index in [1.807, 2.05) is 0 Å². The lowest BCUT2D eigenvalue weighted by atomic mass is 10.1. The van der Waals surface area contributed by atoms with Crippen LogP contribution < -0.4 is 14.8 Å². The van der Waals surface area contributed by atoms with Gasteiger partial charge in [0.05, 0.1) is 14.2 Å². The molecular formula is C17H25NO5. The van der Waals surface area contributed by atoms with Gasteiger partial charge in [0.25, 0.3) is 5.91 Å². The maximum atomic E-state index is 12.3. The molecule has 0 aliphatic heterocycles. The zero-order valence-corrected chi connectivity index (χ0v) is 13.8. The molecular weight excluding hydrogens is 298 g/mol. The van der Waals surface area contributed by atoms with Crippen LogP contribution >= 0.6 is 0 Å². The maximum Gasteiger partial charge on any atom is 0.303 e. The van der Waals surface area contributed by atoms with Gasteiger partial charge in [-0.15, -0.1) is 0 Å². The van der Waals surface area contributed by atoms with Crippen LogP contribution in [0, 0.1) is 0 Å². The van der Waals surface area contributed by atoms with Crippen LogP contribution in [0.3, 0.4) is 0 Å². The average Bonchev–Trinajstić information content (AvgIpc) is 2.55. The average molecular weight is 323 g/mol. The van der Waals surface area contributed by atoms with E-state index in [1.54, 1.807) is 18.2 Å². The van der Waals surface area contributed by atoms with Crippen molar-refractivity contribution in [3.05, 3.63) is 23.8 Å². The second-order valence-electron chi connectivity index (χ2n) is 5.20. The Labute approximate surface area is 136 Å². The van der Waals surface area contributed by atoms with Gasteiger partial charge >= 0.3 is 5.97 Å². The predicted octanol–water partition coefficient (Wildman–Crippen LogP) is 2.86. The summed E-state index contributed by atoms with van der Waals surface area (Å²) in [4.78, 5) is 22.7. The highest BCUT2D eigenvalue weighted by atomic mass is 16.5. The van der Waals surface area contributed by atoms with Crippen LogP contribution in [0.2, 0.25) is 0 Å². The number of carbonyl (C=O) groups excluding carboxylic acids is 1. The summed E-state index contributed by atoms with van der Waals surface area (Å²) in [5, 5.41) is 11.4. The highest BCUT2D eigenvalue weighted by Gasteiger charge is 2.17. The molecule has 0 heterocycles. The molecule has 1 aromatic rings. The highest BCUT2D eigenvalue weighted by molar-refractivity contribution is 5.99. The van der Waals surface area contributed by atoms with E-state index in [-0.39, 0.29) is 12.3 Å². The van der Waals surface area contributed by atoms with Crippen LogP contribution in [0.1, 0.15) is 48.9 Å². The molecule has 1 aromatic carbocycles. The summed E-state index contributed by atoms with van der Waals surface area (Å²) in [6, 6.07) is 5.21. The first-order valence-corrected chi connectivity index (χ1v) is 7.81. The minimum atomic E-state index is -0.747. The maximum absolute atomic E-state index is 12.3. The van der Waals surface area contributed by atoms with Crippen molar-refractivity contribution in [1.29, 1.82) is 0 Å². The van der Waals surface area contributed by atoms with E-state index in [2.05, 4.69) is 5.32 Å². The van der Waals surface area contributed by atoms with E-state index in [1.165, 1.54) is 14.2 Å². The normalized spacial score (nSPS) is 10.2. The Hall–Kier alpha value is -2.24. The summed E-state index contributed by atoms with van der Waals surface area (Å²) in [5.41, 5.74) is 0.402. The van der Waals surface area contributed by atoms with E-state index >= 15 is 0 Å². The molecule has 0 aromatic heterocycles.